The fourth-order valence-corrected chi connectivity index (χ4v) is 1.49. The van der Waals surface area contributed by atoms with Gasteiger partial charge in [0.15, 0.2) is 0 Å². The van der Waals surface area contributed by atoms with E-state index in [1.165, 1.54) is 12.8 Å². The van der Waals surface area contributed by atoms with Crippen molar-refractivity contribution in [2.45, 2.75) is 19.8 Å². The lowest BCUT2D eigenvalue weighted by Crippen LogP contribution is -2.25. The van der Waals surface area contributed by atoms with Crippen molar-refractivity contribution in [2.75, 3.05) is 13.1 Å². The van der Waals surface area contributed by atoms with E-state index >= 15 is 0 Å². The van der Waals surface area contributed by atoms with Crippen molar-refractivity contribution in [3.63, 3.8) is 0 Å². The molecule has 0 aromatic rings. The Hall–Kier alpha value is -0.0400. The average Bonchev–Trinajstić information content (AvgIpc) is 1.88. The number of nitrogens with zero attached hydrogens (tertiary/aromatic N) is 1. The van der Waals surface area contributed by atoms with Crippen molar-refractivity contribution in [2.24, 2.45) is 5.92 Å². The summed E-state index contributed by atoms with van der Waals surface area (Å²) in [6.07, 6.45) is 2.66. The van der Waals surface area contributed by atoms with E-state index < -0.39 is 0 Å². The molecule has 1 nitrogen and oxygen atoms in total. The minimum atomic E-state index is 0.828. The summed E-state index contributed by atoms with van der Waals surface area (Å²) in [7, 11) is 0. The summed E-state index contributed by atoms with van der Waals surface area (Å²) in [5, 5.41) is 0. The van der Waals surface area contributed by atoms with Gasteiger partial charge >= 0.3 is 0 Å². The second-order valence-electron chi connectivity index (χ2n) is 2.84. The van der Waals surface area contributed by atoms with Gasteiger partial charge in [0.05, 0.1) is 0 Å². The highest BCUT2D eigenvalue weighted by Gasteiger charge is 2.16. The Morgan fingerprint density at radius 3 is 2.89 bits per heavy atom. The van der Waals surface area contributed by atoms with E-state index in [1.807, 2.05) is 0 Å². The summed E-state index contributed by atoms with van der Waals surface area (Å²) < 4.78 is 2.18. The van der Waals surface area contributed by atoms with Crippen LogP contribution < -0.4 is 0 Å². The largest absolute Gasteiger partial charge is 0.232 e. The zero-order valence-electron chi connectivity index (χ0n) is 5.81. The molecule has 2 heteroatoms. The van der Waals surface area contributed by atoms with Crippen LogP contribution in [-0.2, 0) is 0 Å². The first-order valence-corrected chi connectivity index (χ1v) is 3.94. The zero-order chi connectivity index (χ0) is 6.69. The van der Waals surface area contributed by atoms with E-state index in [9.17, 15) is 0 Å². The smallest absolute Gasteiger partial charge is 0.226 e. The van der Waals surface area contributed by atoms with Gasteiger partial charge in [0.1, 0.15) is 13.1 Å². The van der Waals surface area contributed by atoms with Crippen LogP contribution in [0.4, 0.5) is 0 Å². The molecule has 9 heavy (non-hydrogen) atoms. The molecule has 1 heterocycles. The summed E-state index contributed by atoms with van der Waals surface area (Å²) in [6.45, 7) is 4.56. The maximum absolute atomic E-state index is 5.55. The highest BCUT2D eigenvalue weighted by molar-refractivity contribution is 6.54. The maximum Gasteiger partial charge on any atom is 0.232 e. The van der Waals surface area contributed by atoms with Crippen LogP contribution in [-0.4, -0.2) is 23.3 Å². The summed E-state index contributed by atoms with van der Waals surface area (Å²) in [4.78, 5) is 0. The fraction of sp³-hybridized carbons (Fsp3) is 0.857. The molecule has 0 amide bonds. The Labute approximate surface area is 61.3 Å². The van der Waals surface area contributed by atoms with Crippen LogP contribution in [0.15, 0.2) is 0 Å². The molecule has 1 fully saturated rings. The molecule has 0 saturated carbocycles. The van der Waals surface area contributed by atoms with Gasteiger partial charge in [0, 0.05) is 12.3 Å². The molecule has 0 N–H and O–H groups in total. The molecule has 1 rings (SSSR count). The minimum Gasteiger partial charge on any atom is -0.226 e. The normalized spacial score (nSPS) is 33.1. The average molecular weight is 147 g/mol. The Balaban J connectivity index is 2.41. The van der Waals surface area contributed by atoms with Gasteiger partial charge in [0.2, 0.25) is 5.67 Å². The van der Waals surface area contributed by atoms with Gasteiger partial charge in [0.25, 0.3) is 0 Å². The van der Waals surface area contributed by atoms with E-state index in [-0.39, 0.29) is 0 Å². The minimum absolute atomic E-state index is 0.828. The number of piperidine rings is 1. The number of hydrogen-bond donors (Lipinski definition) is 0. The predicted octanol–water partition coefficient (Wildman–Crippen LogP) is 1.70. The van der Waals surface area contributed by atoms with Gasteiger partial charge in [-0.05, 0) is 18.0 Å². The molecule has 52 valence electrons. The fourth-order valence-electron chi connectivity index (χ4n) is 1.31. The highest BCUT2D eigenvalue weighted by Crippen LogP contribution is 2.11. The van der Waals surface area contributed by atoms with Crippen molar-refractivity contribution < 1.29 is 4.58 Å². The number of rotatable bonds is 0. The molecule has 0 spiro atoms. The molecule has 0 aromatic carbocycles. The highest BCUT2D eigenvalue weighted by atomic mass is 35.5. The lowest BCUT2D eigenvalue weighted by atomic mass is 10.0. The van der Waals surface area contributed by atoms with Crippen LogP contribution in [0.25, 0.3) is 0 Å². The molecule has 0 aliphatic carbocycles. The van der Waals surface area contributed by atoms with Crippen LogP contribution in [0.2, 0.25) is 0 Å². The van der Waals surface area contributed by atoms with Crippen LogP contribution in [0.1, 0.15) is 19.8 Å². The quantitative estimate of drug-likeness (QED) is 0.458. The third-order valence-electron chi connectivity index (χ3n) is 1.83. The molecular weight excluding hydrogens is 134 g/mol. The summed E-state index contributed by atoms with van der Waals surface area (Å²) in [6, 6.07) is 0. The van der Waals surface area contributed by atoms with Gasteiger partial charge in [-0.15, -0.1) is 0 Å². The van der Waals surface area contributed by atoms with Gasteiger partial charge < -0.3 is 0 Å². The number of halogens is 1. The first-order valence-electron chi connectivity index (χ1n) is 3.50. The van der Waals surface area contributed by atoms with E-state index in [0.717, 1.165) is 19.0 Å². The Morgan fingerprint density at radius 1 is 1.67 bits per heavy atom. The Kier molecular flexibility index (Phi) is 2.52. The van der Waals surface area contributed by atoms with Crippen molar-refractivity contribution in [1.82, 2.24) is 0 Å². The van der Waals surface area contributed by atoms with Gasteiger partial charge in [-0.25, -0.2) is 4.58 Å². The lowest BCUT2D eigenvalue weighted by molar-refractivity contribution is -0.538. The van der Waals surface area contributed by atoms with Gasteiger partial charge in [-0.3, -0.25) is 0 Å². The first-order chi connectivity index (χ1) is 4.33. The van der Waals surface area contributed by atoms with Crippen molar-refractivity contribution in [1.29, 1.82) is 0 Å². The molecule has 1 atom stereocenters. The first kappa shape index (κ1) is 7.07. The standard InChI is InChI=1S/C7H13ClN/c1-7-3-2-4-9(5-7)6-8/h6-7H,2-5H2,1H3/q+1. The topological polar surface area (TPSA) is 3.01 Å². The van der Waals surface area contributed by atoms with Crippen LogP contribution >= 0.6 is 11.6 Å². The lowest BCUT2D eigenvalue weighted by Gasteiger charge is -2.14. The third kappa shape index (κ3) is 1.98. The van der Waals surface area contributed by atoms with Gasteiger partial charge in [-0.1, -0.05) is 6.92 Å². The van der Waals surface area contributed by atoms with Crippen molar-refractivity contribution in [3.8, 4) is 0 Å². The summed E-state index contributed by atoms with van der Waals surface area (Å²) >= 11 is 5.55. The maximum atomic E-state index is 5.55. The van der Waals surface area contributed by atoms with Crippen LogP contribution in [0.3, 0.4) is 0 Å². The van der Waals surface area contributed by atoms with Gasteiger partial charge in [-0.2, -0.15) is 0 Å². The Bertz CT molecular complexity index is 120. The monoisotopic (exact) mass is 146 g/mol. The molecule has 1 saturated heterocycles. The molecule has 0 bridgehead atoms. The van der Waals surface area contributed by atoms with Crippen molar-refractivity contribution in [3.05, 3.63) is 0 Å². The molecule has 1 aliphatic rings. The molecule has 1 aliphatic heterocycles. The molecular formula is C7H13ClN+. The van der Waals surface area contributed by atoms with E-state index in [1.54, 1.807) is 5.67 Å². The number of hydrogen-bond acceptors (Lipinski definition) is 0. The SMILES string of the molecule is CC1CCC[N+](=CCl)C1. The zero-order valence-corrected chi connectivity index (χ0v) is 6.56. The second kappa shape index (κ2) is 3.21. The second-order valence-corrected chi connectivity index (χ2v) is 3.04. The van der Waals surface area contributed by atoms with E-state index in [4.69, 9.17) is 11.6 Å². The van der Waals surface area contributed by atoms with Crippen LogP contribution in [0, 0.1) is 5.92 Å². The van der Waals surface area contributed by atoms with Crippen LogP contribution in [0.5, 0.6) is 0 Å². The van der Waals surface area contributed by atoms with Crippen molar-refractivity contribution >= 4 is 17.3 Å². The van der Waals surface area contributed by atoms with E-state index in [0.29, 0.717) is 0 Å². The summed E-state index contributed by atoms with van der Waals surface area (Å²) in [5.41, 5.74) is 1.68. The molecule has 0 radical (unpaired) electrons. The third-order valence-corrected chi connectivity index (χ3v) is 2.10. The van der Waals surface area contributed by atoms with E-state index in [2.05, 4.69) is 11.5 Å². The molecule has 1 unspecified atom stereocenters. The Morgan fingerprint density at radius 2 is 2.44 bits per heavy atom. The summed E-state index contributed by atoms with van der Waals surface area (Å²) in [5.74, 6) is 0.828. The predicted molar refractivity (Wildman–Crippen MR) is 40.3 cm³/mol. The molecule has 0 aromatic heterocycles.